The summed E-state index contributed by atoms with van der Waals surface area (Å²) in [5.41, 5.74) is 1.94. The van der Waals surface area contributed by atoms with Crippen molar-refractivity contribution in [1.29, 1.82) is 0 Å². The number of anilines is 1. The van der Waals surface area contributed by atoms with Crippen molar-refractivity contribution in [3.63, 3.8) is 0 Å². The van der Waals surface area contributed by atoms with Crippen LogP contribution in [0.4, 0.5) is 5.82 Å². The number of hydrogen-bond donors (Lipinski definition) is 0. The van der Waals surface area contributed by atoms with Gasteiger partial charge in [0.25, 0.3) is 0 Å². The van der Waals surface area contributed by atoms with Crippen molar-refractivity contribution in [2.24, 2.45) is 0 Å². The van der Waals surface area contributed by atoms with Gasteiger partial charge in [-0.2, -0.15) is 0 Å². The molecule has 0 N–H and O–H groups in total. The summed E-state index contributed by atoms with van der Waals surface area (Å²) >= 11 is 7.11. The average Bonchev–Trinajstić information content (AvgIpc) is 2.82. The summed E-state index contributed by atoms with van der Waals surface area (Å²) in [4.78, 5) is 11.4. The molecule has 2 heterocycles. The zero-order valence-corrected chi connectivity index (χ0v) is 13.8. The van der Waals surface area contributed by atoms with Crippen molar-refractivity contribution in [3.8, 4) is 5.69 Å². The highest BCUT2D eigenvalue weighted by Crippen LogP contribution is 2.31. The third-order valence-electron chi connectivity index (χ3n) is 3.21. The molecule has 1 aromatic carbocycles. The first kappa shape index (κ1) is 14.2. The van der Waals surface area contributed by atoms with Crippen LogP contribution in [-0.4, -0.2) is 28.6 Å². The number of nitrogens with zero attached hydrogens (tertiary/aromatic N) is 4. The Balaban J connectivity index is 2.39. The molecule has 0 bridgehead atoms. The number of aryl methyl sites for hydroxylation is 1. The minimum absolute atomic E-state index is 0.793. The SMILES string of the molecule is CCc1nc(N(C)C)c2sc(=S)n(-c3ccccc3)c2n1. The van der Waals surface area contributed by atoms with E-state index in [0.29, 0.717) is 0 Å². The van der Waals surface area contributed by atoms with Gasteiger partial charge in [0.05, 0.1) is 0 Å². The van der Waals surface area contributed by atoms with Crippen LogP contribution in [0.2, 0.25) is 0 Å². The first-order valence-electron chi connectivity index (χ1n) is 6.77. The van der Waals surface area contributed by atoms with Crippen LogP contribution in [0.25, 0.3) is 16.0 Å². The monoisotopic (exact) mass is 316 g/mol. The van der Waals surface area contributed by atoms with E-state index in [1.807, 2.05) is 53.9 Å². The van der Waals surface area contributed by atoms with E-state index in [1.54, 1.807) is 11.3 Å². The number of rotatable bonds is 3. The Morgan fingerprint density at radius 1 is 1.19 bits per heavy atom. The molecule has 0 spiro atoms. The van der Waals surface area contributed by atoms with Gasteiger partial charge in [-0.05, 0) is 24.4 Å². The summed E-state index contributed by atoms with van der Waals surface area (Å²) in [5.74, 6) is 1.77. The van der Waals surface area contributed by atoms with Crippen LogP contribution in [0.3, 0.4) is 0 Å². The minimum Gasteiger partial charge on any atom is -0.361 e. The maximum absolute atomic E-state index is 5.56. The quantitative estimate of drug-likeness (QED) is 0.688. The Morgan fingerprint density at radius 3 is 2.52 bits per heavy atom. The van der Waals surface area contributed by atoms with Crippen molar-refractivity contribution in [3.05, 3.63) is 40.1 Å². The molecule has 3 aromatic rings. The Hall–Kier alpha value is -1.79. The van der Waals surface area contributed by atoms with E-state index in [9.17, 15) is 0 Å². The van der Waals surface area contributed by atoms with Gasteiger partial charge in [-0.1, -0.05) is 36.5 Å². The molecule has 0 unspecified atom stereocenters. The summed E-state index contributed by atoms with van der Waals surface area (Å²) in [7, 11) is 3.99. The summed E-state index contributed by atoms with van der Waals surface area (Å²) in [5, 5.41) is 0. The van der Waals surface area contributed by atoms with Crippen molar-refractivity contribution in [1.82, 2.24) is 14.5 Å². The van der Waals surface area contributed by atoms with E-state index >= 15 is 0 Å². The lowest BCUT2D eigenvalue weighted by atomic mass is 10.3. The summed E-state index contributed by atoms with van der Waals surface area (Å²) < 4.78 is 3.86. The fourth-order valence-electron chi connectivity index (χ4n) is 2.20. The van der Waals surface area contributed by atoms with Crippen LogP contribution >= 0.6 is 23.6 Å². The standard InChI is InChI=1S/C15H16N4S2/c1-4-11-16-13(18(2)3)12-14(17-11)19(15(20)21-12)10-8-6-5-7-9-10/h5-9H,4H2,1-3H3. The highest BCUT2D eigenvalue weighted by atomic mass is 32.1. The Labute approximate surface area is 132 Å². The lowest BCUT2D eigenvalue weighted by Gasteiger charge is -2.13. The second-order valence-electron chi connectivity index (χ2n) is 4.90. The highest BCUT2D eigenvalue weighted by molar-refractivity contribution is 7.73. The van der Waals surface area contributed by atoms with E-state index < -0.39 is 0 Å². The van der Waals surface area contributed by atoms with Crippen LogP contribution in [-0.2, 0) is 6.42 Å². The molecule has 0 amide bonds. The maximum Gasteiger partial charge on any atom is 0.168 e. The number of hydrogen-bond acceptors (Lipinski definition) is 5. The Bertz CT molecular complexity index is 834. The molecule has 0 fully saturated rings. The van der Waals surface area contributed by atoms with Crippen molar-refractivity contribution in [2.45, 2.75) is 13.3 Å². The summed E-state index contributed by atoms with van der Waals surface area (Å²) in [6, 6.07) is 10.1. The zero-order valence-electron chi connectivity index (χ0n) is 12.2. The van der Waals surface area contributed by atoms with Crippen LogP contribution in [0.5, 0.6) is 0 Å². The van der Waals surface area contributed by atoms with E-state index in [1.165, 1.54) is 0 Å². The first-order chi connectivity index (χ1) is 10.1. The molecule has 108 valence electrons. The normalized spacial score (nSPS) is 11.0. The van der Waals surface area contributed by atoms with Gasteiger partial charge in [0.15, 0.2) is 15.4 Å². The molecular formula is C15H16N4S2. The minimum atomic E-state index is 0.793. The van der Waals surface area contributed by atoms with Gasteiger partial charge in [-0.25, -0.2) is 9.97 Å². The van der Waals surface area contributed by atoms with Gasteiger partial charge in [0.2, 0.25) is 0 Å². The molecule has 21 heavy (non-hydrogen) atoms. The molecule has 4 nitrogen and oxygen atoms in total. The second-order valence-corrected chi connectivity index (χ2v) is 6.55. The molecule has 0 saturated heterocycles. The van der Waals surface area contributed by atoms with Gasteiger partial charge in [0, 0.05) is 26.2 Å². The molecule has 0 aliphatic heterocycles. The van der Waals surface area contributed by atoms with Crippen LogP contribution in [0.1, 0.15) is 12.7 Å². The Morgan fingerprint density at radius 2 is 1.90 bits per heavy atom. The van der Waals surface area contributed by atoms with Gasteiger partial charge < -0.3 is 4.90 Å². The molecular weight excluding hydrogens is 300 g/mol. The van der Waals surface area contributed by atoms with Gasteiger partial charge >= 0.3 is 0 Å². The smallest absolute Gasteiger partial charge is 0.168 e. The molecule has 3 rings (SSSR count). The molecule has 0 atom stereocenters. The van der Waals surface area contributed by atoms with E-state index in [2.05, 4.69) is 11.9 Å². The number of para-hydroxylation sites is 1. The largest absolute Gasteiger partial charge is 0.361 e. The molecule has 0 aliphatic carbocycles. The topological polar surface area (TPSA) is 34.0 Å². The molecule has 0 saturated carbocycles. The fraction of sp³-hybridized carbons (Fsp3) is 0.267. The Kier molecular flexibility index (Phi) is 3.73. The van der Waals surface area contributed by atoms with Crippen molar-refractivity contribution in [2.75, 3.05) is 19.0 Å². The van der Waals surface area contributed by atoms with Gasteiger partial charge in [-0.3, -0.25) is 4.57 Å². The third kappa shape index (κ3) is 2.45. The number of fused-ring (bicyclic) bond motifs is 1. The average molecular weight is 316 g/mol. The maximum atomic E-state index is 5.56. The van der Waals surface area contributed by atoms with Crippen LogP contribution < -0.4 is 4.90 Å². The lowest BCUT2D eigenvalue weighted by Crippen LogP contribution is -2.13. The number of thiazole rings is 1. The summed E-state index contributed by atoms with van der Waals surface area (Å²) in [6.07, 6.45) is 0.800. The van der Waals surface area contributed by atoms with Crippen molar-refractivity contribution >= 4 is 39.7 Å². The van der Waals surface area contributed by atoms with Gasteiger partial charge in [0.1, 0.15) is 10.5 Å². The lowest BCUT2D eigenvalue weighted by molar-refractivity contribution is 0.923. The molecule has 0 aliphatic rings. The van der Waals surface area contributed by atoms with Crippen LogP contribution in [0.15, 0.2) is 30.3 Å². The molecule has 2 aromatic heterocycles. The molecule has 6 heteroatoms. The fourth-order valence-corrected chi connectivity index (χ4v) is 3.65. The van der Waals surface area contributed by atoms with E-state index in [-0.39, 0.29) is 0 Å². The summed E-state index contributed by atoms with van der Waals surface area (Å²) in [6.45, 7) is 2.06. The first-order valence-corrected chi connectivity index (χ1v) is 7.99. The predicted octanol–water partition coefficient (Wildman–Crippen LogP) is 3.84. The number of benzene rings is 1. The zero-order chi connectivity index (χ0) is 15.0. The molecule has 0 radical (unpaired) electrons. The van der Waals surface area contributed by atoms with E-state index in [0.717, 1.165) is 38.1 Å². The third-order valence-corrected chi connectivity index (χ3v) is 4.57. The van der Waals surface area contributed by atoms with Crippen molar-refractivity contribution < 1.29 is 0 Å². The van der Waals surface area contributed by atoms with E-state index in [4.69, 9.17) is 17.2 Å². The second kappa shape index (κ2) is 5.54. The highest BCUT2D eigenvalue weighted by Gasteiger charge is 2.16. The predicted molar refractivity (Wildman–Crippen MR) is 91.3 cm³/mol. The van der Waals surface area contributed by atoms with Gasteiger partial charge in [-0.15, -0.1) is 0 Å². The number of aromatic nitrogens is 3. The van der Waals surface area contributed by atoms with Crippen LogP contribution in [0, 0.1) is 3.95 Å².